The van der Waals surface area contributed by atoms with Gasteiger partial charge in [-0.3, -0.25) is 4.99 Å². The van der Waals surface area contributed by atoms with Gasteiger partial charge in [-0.1, -0.05) is 23.7 Å². The van der Waals surface area contributed by atoms with Crippen molar-refractivity contribution >= 4 is 41.5 Å². The smallest absolute Gasteiger partial charge is 0.191 e. The maximum atomic E-state index is 6.32. The lowest BCUT2D eigenvalue weighted by molar-refractivity contribution is 0.311. The second kappa shape index (κ2) is 12.6. The Morgan fingerprint density at radius 2 is 1.75 bits per heavy atom. The molecule has 2 aromatic carbocycles. The van der Waals surface area contributed by atoms with E-state index < -0.39 is 0 Å². The van der Waals surface area contributed by atoms with Crippen LogP contribution in [-0.4, -0.2) is 33.8 Å². The van der Waals surface area contributed by atoms with Crippen LogP contribution in [0.4, 0.5) is 0 Å². The summed E-state index contributed by atoms with van der Waals surface area (Å²) in [6, 6.07) is 11.6. The minimum atomic E-state index is 0. The lowest BCUT2D eigenvalue weighted by atomic mass is 10.2. The number of guanidine groups is 1. The number of methoxy groups -OCH3 is 2. The first kappa shape index (κ1) is 24.2. The van der Waals surface area contributed by atoms with Crippen LogP contribution in [0.15, 0.2) is 41.4 Å². The fourth-order valence-electron chi connectivity index (χ4n) is 2.53. The molecule has 0 aliphatic rings. The molecule has 0 fully saturated rings. The number of hydrogen-bond donors (Lipinski definition) is 2. The SMILES string of the molecule is CCOc1c(Cl)cc(CNC(=NC)NCc2cccc(OC)c2)cc1OC.I. The van der Waals surface area contributed by atoms with E-state index in [1.807, 2.05) is 43.3 Å². The molecule has 8 heteroatoms. The van der Waals surface area contributed by atoms with Gasteiger partial charge in [0.2, 0.25) is 0 Å². The Bertz CT molecular complexity index is 787. The molecule has 0 atom stereocenters. The fourth-order valence-corrected chi connectivity index (χ4v) is 2.82. The molecule has 0 heterocycles. The summed E-state index contributed by atoms with van der Waals surface area (Å²) in [6.45, 7) is 3.60. The fraction of sp³-hybridized carbons (Fsp3) is 0.350. The molecular weight excluding hydrogens is 493 g/mol. The van der Waals surface area contributed by atoms with Gasteiger partial charge >= 0.3 is 0 Å². The molecule has 0 aliphatic carbocycles. The topological polar surface area (TPSA) is 64.1 Å². The van der Waals surface area contributed by atoms with E-state index in [4.69, 9.17) is 25.8 Å². The molecular formula is C20H27ClIN3O3. The molecule has 0 amide bonds. The molecule has 2 aromatic rings. The van der Waals surface area contributed by atoms with Crippen LogP contribution in [0.1, 0.15) is 18.1 Å². The van der Waals surface area contributed by atoms with E-state index in [9.17, 15) is 0 Å². The minimum absolute atomic E-state index is 0. The summed E-state index contributed by atoms with van der Waals surface area (Å²) >= 11 is 6.32. The zero-order valence-corrected chi connectivity index (χ0v) is 19.6. The van der Waals surface area contributed by atoms with E-state index in [1.54, 1.807) is 21.3 Å². The molecule has 0 spiro atoms. The van der Waals surface area contributed by atoms with Crippen molar-refractivity contribution in [1.29, 1.82) is 0 Å². The lowest BCUT2D eigenvalue weighted by Crippen LogP contribution is -2.36. The van der Waals surface area contributed by atoms with Crippen LogP contribution in [0.2, 0.25) is 5.02 Å². The summed E-state index contributed by atoms with van der Waals surface area (Å²) in [6.07, 6.45) is 0. The largest absolute Gasteiger partial charge is 0.497 e. The highest BCUT2D eigenvalue weighted by Crippen LogP contribution is 2.36. The third kappa shape index (κ3) is 6.94. The number of aliphatic imine (C=N–C) groups is 1. The number of hydrogen-bond acceptors (Lipinski definition) is 4. The molecule has 6 nitrogen and oxygen atoms in total. The molecule has 0 bridgehead atoms. The van der Waals surface area contributed by atoms with E-state index in [0.717, 1.165) is 16.9 Å². The molecule has 0 aromatic heterocycles. The molecule has 0 saturated heterocycles. The van der Waals surface area contributed by atoms with Crippen LogP contribution < -0.4 is 24.8 Å². The van der Waals surface area contributed by atoms with Crippen molar-refractivity contribution in [2.24, 2.45) is 4.99 Å². The molecule has 0 unspecified atom stereocenters. The van der Waals surface area contributed by atoms with Crippen molar-refractivity contribution in [2.45, 2.75) is 20.0 Å². The first-order valence-electron chi connectivity index (χ1n) is 8.67. The summed E-state index contributed by atoms with van der Waals surface area (Å²) in [4.78, 5) is 4.25. The Kier molecular flexibility index (Phi) is 10.8. The summed E-state index contributed by atoms with van der Waals surface area (Å²) in [5.74, 6) is 2.68. The zero-order chi connectivity index (χ0) is 19.6. The zero-order valence-electron chi connectivity index (χ0n) is 16.5. The lowest BCUT2D eigenvalue weighted by Gasteiger charge is -2.15. The number of ether oxygens (including phenoxy) is 3. The van der Waals surface area contributed by atoms with Gasteiger partial charge in [-0.05, 0) is 42.3 Å². The Morgan fingerprint density at radius 1 is 1.04 bits per heavy atom. The van der Waals surface area contributed by atoms with Gasteiger partial charge in [0, 0.05) is 20.1 Å². The van der Waals surface area contributed by atoms with Gasteiger partial charge in [0.05, 0.1) is 25.8 Å². The quantitative estimate of drug-likeness (QED) is 0.310. The second-order valence-electron chi connectivity index (χ2n) is 5.67. The monoisotopic (exact) mass is 519 g/mol. The summed E-state index contributed by atoms with van der Waals surface area (Å²) < 4.78 is 16.2. The highest BCUT2D eigenvalue weighted by Gasteiger charge is 2.12. The maximum absolute atomic E-state index is 6.32. The average Bonchev–Trinajstić information content (AvgIpc) is 2.70. The highest BCUT2D eigenvalue weighted by molar-refractivity contribution is 14.0. The van der Waals surface area contributed by atoms with E-state index in [1.165, 1.54) is 0 Å². The minimum Gasteiger partial charge on any atom is -0.497 e. The van der Waals surface area contributed by atoms with Crippen molar-refractivity contribution in [3.05, 3.63) is 52.5 Å². The van der Waals surface area contributed by atoms with E-state index in [0.29, 0.717) is 42.2 Å². The third-order valence-electron chi connectivity index (χ3n) is 3.86. The normalized spacial score (nSPS) is 10.7. The number of nitrogens with one attached hydrogen (secondary N) is 2. The Balaban J connectivity index is 0.00000392. The molecule has 0 radical (unpaired) electrons. The van der Waals surface area contributed by atoms with Crippen LogP contribution in [0.3, 0.4) is 0 Å². The van der Waals surface area contributed by atoms with Crippen molar-refractivity contribution in [3.63, 3.8) is 0 Å². The van der Waals surface area contributed by atoms with Crippen molar-refractivity contribution in [1.82, 2.24) is 10.6 Å². The maximum Gasteiger partial charge on any atom is 0.191 e. The summed E-state index contributed by atoms with van der Waals surface area (Å²) in [7, 11) is 4.98. The van der Waals surface area contributed by atoms with E-state index >= 15 is 0 Å². The first-order chi connectivity index (χ1) is 13.1. The van der Waals surface area contributed by atoms with E-state index in [-0.39, 0.29) is 24.0 Å². The van der Waals surface area contributed by atoms with Crippen LogP contribution in [0.5, 0.6) is 17.2 Å². The van der Waals surface area contributed by atoms with Gasteiger partial charge < -0.3 is 24.8 Å². The van der Waals surface area contributed by atoms with Gasteiger partial charge in [0.25, 0.3) is 0 Å². The molecule has 0 saturated carbocycles. The van der Waals surface area contributed by atoms with Gasteiger partial charge in [-0.25, -0.2) is 0 Å². The average molecular weight is 520 g/mol. The number of nitrogens with zero attached hydrogens (tertiary/aromatic N) is 1. The Morgan fingerprint density at radius 3 is 2.36 bits per heavy atom. The first-order valence-corrected chi connectivity index (χ1v) is 9.05. The van der Waals surface area contributed by atoms with Gasteiger partial charge in [-0.2, -0.15) is 0 Å². The molecule has 2 N–H and O–H groups in total. The third-order valence-corrected chi connectivity index (χ3v) is 4.14. The van der Waals surface area contributed by atoms with Crippen LogP contribution in [-0.2, 0) is 13.1 Å². The van der Waals surface area contributed by atoms with E-state index in [2.05, 4.69) is 15.6 Å². The standard InChI is InChI=1S/C20H26ClN3O3.HI/c1-5-27-19-17(21)10-15(11-18(19)26-4)13-24-20(22-2)23-12-14-7-6-8-16(9-14)25-3;/h6-11H,5,12-13H2,1-4H3,(H2,22,23,24);1H. The Hall–Kier alpha value is -1.87. The molecule has 0 aliphatic heterocycles. The number of halogens is 2. The second-order valence-corrected chi connectivity index (χ2v) is 6.08. The number of benzene rings is 2. The molecule has 2 rings (SSSR count). The highest BCUT2D eigenvalue weighted by atomic mass is 127. The summed E-state index contributed by atoms with van der Waals surface area (Å²) in [5, 5.41) is 7.06. The Labute approximate surface area is 188 Å². The van der Waals surface area contributed by atoms with Crippen molar-refractivity contribution in [3.8, 4) is 17.2 Å². The van der Waals surface area contributed by atoms with Crippen molar-refractivity contribution < 1.29 is 14.2 Å². The van der Waals surface area contributed by atoms with Crippen LogP contribution >= 0.6 is 35.6 Å². The van der Waals surface area contributed by atoms with Crippen LogP contribution in [0, 0.1) is 0 Å². The van der Waals surface area contributed by atoms with Crippen molar-refractivity contribution in [2.75, 3.05) is 27.9 Å². The van der Waals surface area contributed by atoms with Gasteiger partial charge in [-0.15, -0.1) is 24.0 Å². The number of rotatable bonds is 8. The van der Waals surface area contributed by atoms with Crippen LogP contribution in [0.25, 0.3) is 0 Å². The predicted molar refractivity (Wildman–Crippen MR) is 125 cm³/mol. The van der Waals surface area contributed by atoms with Gasteiger partial charge in [0.1, 0.15) is 5.75 Å². The summed E-state index contributed by atoms with van der Waals surface area (Å²) in [5.41, 5.74) is 2.06. The predicted octanol–water partition coefficient (Wildman–Crippen LogP) is 4.24. The molecule has 154 valence electrons. The molecule has 28 heavy (non-hydrogen) atoms. The van der Waals surface area contributed by atoms with Gasteiger partial charge in [0.15, 0.2) is 17.5 Å².